The highest BCUT2D eigenvalue weighted by atomic mass is 16.5. The third-order valence-corrected chi connectivity index (χ3v) is 7.53. The van der Waals surface area contributed by atoms with Crippen LogP contribution in [0.5, 0.6) is 0 Å². The Balaban J connectivity index is 1.51. The van der Waals surface area contributed by atoms with Crippen LogP contribution in [-0.2, 0) is 16.0 Å². The van der Waals surface area contributed by atoms with Crippen molar-refractivity contribution in [2.45, 2.75) is 110 Å². The number of ketones is 1. The summed E-state index contributed by atoms with van der Waals surface area (Å²) in [6, 6.07) is 2.04. The number of carboxylic acid groups (broad SMARTS) is 1. The second-order valence-electron chi connectivity index (χ2n) is 12.2. The van der Waals surface area contributed by atoms with E-state index in [2.05, 4.69) is 30.9 Å². The zero-order chi connectivity index (χ0) is 25.3. The van der Waals surface area contributed by atoms with Crippen molar-refractivity contribution in [2.75, 3.05) is 0 Å². The monoisotopic (exact) mass is 480 g/mol. The molecule has 35 heavy (non-hydrogen) atoms. The van der Waals surface area contributed by atoms with Gasteiger partial charge in [0.1, 0.15) is 11.5 Å². The van der Waals surface area contributed by atoms with Gasteiger partial charge < -0.3 is 9.63 Å². The Hall–Kier alpha value is -2.50. The summed E-state index contributed by atoms with van der Waals surface area (Å²) in [7, 11) is 0. The number of carbonyl (C=O) groups is 2. The average Bonchev–Trinajstić information content (AvgIpc) is 3.47. The third kappa shape index (κ3) is 6.59. The molecule has 2 fully saturated rings. The molecule has 2 saturated carbocycles. The number of hydrogen-bond acceptors (Lipinski definition) is 5. The molecule has 2 aliphatic rings. The van der Waals surface area contributed by atoms with E-state index in [1.54, 1.807) is 6.20 Å². The molecule has 0 spiro atoms. The van der Waals surface area contributed by atoms with Crippen LogP contribution in [0.1, 0.15) is 124 Å². The molecule has 0 amide bonds. The van der Waals surface area contributed by atoms with Crippen LogP contribution in [0.4, 0.5) is 0 Å². The smallest absolute Gasteiger partial charge is 0.303 e. The van der Waals surface area contributed by atoms with E-state index in [0.717, 1.165) is 59.9 Å². The van der Waals surface area contributed by atoms with Crippen molar-refractivity contribution in [1.29, 1.82) is 0 Å². The number of rotatable bonds is 11. The summed E-state index contributed by atoms with van der Waals surface area (Å²) in [6.45, 7) is 10.8. The fourth-order valence-corrected chi connectivity index (χ4v) is 5.77. The molecule has 2 aromatic rings. The van der Waals surface area contributed by atoms with Gasteiger partial charge in [0.2, 0.25) is 0 Å². The van der Waals surface area contributed by atoms with Gasteiger partial charge in [-0.05, 0) is 80.8 Å². The minimum atomic E-state index is -0.848. The van der Waals surface area contributed by atoms with Gasteiger partial charge in [0.15, 0.2) is 0 Å². The Morgan fingerprint density at radius 3 is 2.49 bits per heavy atom. The number of Topliss-reactive ketones (excluding diaryl/α,β-unsaturated/α-hetero) is 1. The molecule has 1 N–H and O–H groups in total. The summed E-state index contributed by atoms with van der Waals surface area (Å²) in [4.78, 5) is 29.0. The van der Waals surface area contributed by atoms with Gasteiger partial charge in [-0.15, -0.1) is 0 Å². The maximum Gasteiger partial charge on any atom is 0.303 e. The molecule has 2 heterocycles. The zero-order valence-corrected chi connectivity index (χ0v) is 21.9. The molecule has 0 bridgehead atoms. The standard InChI is InChI=1S/C29H40N2O4/c1-17-10-18(2)24(30-16-17)14-23(32)13-21(8-9-25(33)34)27-26(20-6-7-20)28(35-31-27)22-11-19(12-22)15-29(3,4)5/h10,16,19-22H,6-9,11-15H2,1-5H3,(H,33,34)/t19?,21-,22?/m0/s1. The van der Waals surface area contributed by atoms with Crippen molar-refractivity contribution in [2.24, 2.45) is 11.3 Å². The predicted octanol–water partition coefficient (Wildman–Crippen LogP) is 6.64. The lowest BCUT2D eigenvalue weighted by atomic mass is 9.66. The quantitative estimate of drug-likeness (QED) is 0.387. The van der Waals surface area contributed by atoms with Gasteiger partial charge in [-0.25, -0.2) is 0 Å². The fourth-order valence-electron chi connectivity index (χ4n) is 5.77. The lowest BCUT2D eigenvalue weighted by molar-refractivity contribution is -0.137. The van der Waals surface area contributed by atoms with E-state index < -0.39 is 5.97 Å². The normalized spacial score (nSPS) is 20.9. The van der Waals surface area contributed by atoms with E-state index in [1.165, 1.54) is 12.0 Å². The highest BCUT2D eigenvalue weighted by molar-refractivity contribution is 5.81. The number of aliphatic carboxylic acids is 1. The minimum absolute atomic E-state index is 0.0170. The van der Waals surface area contributed by atoms with Crippen LogP contribution in [-0.4, -0.2) is 27.0 Å². The molecule has 2 aromatic heterocycles. The van der Waals surface area contributed by atoms with Gasteiger partial charge in [-0.3, -0.25) is 14.6 Å². The first kappa shape index (κ1) is 25.6. The molecule has 4 rings (SSSR count). The van der Waals surface area contributed by atoms with Gasteiger partial charge in [0.25, 0.3) is 0 Å². The second-order valence-corrected chi connectivity index (χ2v) is 12.2. The third-order valence-electron chi connectivity index (χ3n) is 7.53. The SMILES string of the molecule is Cc1cnc(CC(=O)C[C@H](CCC(=O)O)c2noc(C3CC(CC(C)(C)C)C3)c2C2CC2)c(C)c1. The van der Waals surface area contributed by atoms with Crippen molar-refractivity contribution in [3.63, 3.8) is 0 Å². The summed E-state index contributed by atoms with van der Waals surface area (Å²) < 4.78 is 5.98. The average molecular weight is 481 g/mol. The van der Waals surface area contributed by atoms with E-state index in [0.29, 0.717) is 23.7 Å². The molecule has 6 heteroatoms. The topological polar surface area (TPSA) is 93.3 Å². The van der Waals surface area contributed by atoms with E-state index in [1.807, 2.05) is 19.9 Å². The maximum absolute atomic E-state index is 13.1. The molecule has 0 aliphatic heterocycles. The van der Waals surface area contributed by atoms with Crippen molar-refractivity contribution in [1.82, 2.24) is 10.1 Å². The highest BCUT2D eigenvalue weighted by Crippen LogP contribution is 2.53. The highest BCUT2D eigenvalue weighted by Gasteiger charge is 2.42. The lowest BCUT2D eigenvalue weighted by Gasteiger charge is -2.38. The Bertz CT molecular complexity index is 1070. The van der Waals surface area contributed by atoms with Gasteiger partial charge >= 0.3 is 5.97 Å². The molecule has 0 aromatic carbocycles. The van der Waals surface area contributed by atoms with Gasteiger partial charge in [-0.2, -0.15) is 0 Å². The number of hydrogen-bond donors (Lipinski definition) is 1. The molecule has 6 nitrogen and oxygen atoms in total. The number of pyridine rings is 1. The van der Waals surface area contributed by atoms with E-state index in [-0.39, 0.29) is 31.0 Å². The summed E-state index contributed by atoms with van der Waals surface area (Å²) >= 11 is 0. The zero-order valence-electron chi connectivity index (χ0n) is 21.9. The Labute approximate surface area is 208 Å². The maximum atomic E-state index is 13.1. The number of aryl methyl sites for hydroxylation is 2. The number of nitrogens with zero attached hydrogens (tertiary/aromatic N) is 2. The van der Waals surface area contributed by atoms with E-state index >= 15 is 0 Å². The summed E-state index contributed by atoms with van der Waals surface area (Å²) in [5.41, 5.74) is 5.23. The van der Waals surface area contributed by atoms with E-state index in [4.69, 9.17) is 4.52 Å². The first-order valence-electron chi connectivity index (χ1n) is 13.1. The lowest BCUT2D eigenvalue weighted by Crippen LogP contribution is -2.26. The Morgan fingerprint density at radius 2 is 1.89 bits per heavy atom. The number of carboxylic acids is 1. The van der Waals surface area contributed by atoms with Crippen LogP contribution in [0.3, 0.4) is 0 Å². The minimum Gasteiger partial charge on any atom is -0.481 e. The molecule has 2 aliphatic carbocycles. The van der Waals surface area contributed by atoms with Crippen LogP contribution in [0.25, 0.3) is 0 Å². The van der Waals surface area contributed by atoms with Crippen LogP contribution in [0.2, 0.25) is 0 Å². The molecule has 1 atom stereocenters. The van der Waals surface area contributed by atoms with Crippen molar-refractivity contribution >= 4 is 11.8 Å². The largest absolute Gasteiger partial charge is 0.481 e. The molecular formula is C29H40N2O4. The van der Waals surface area contributed by atoms with E-state index in [9.17, 15) is 14.7 Å². The van der Waals surface area contributed by atoms with Crippen LogP contribution < -0.4 is 0 Å². The van der Waals surface area contributed by atoms with Crippen molar-refractivity contribution in [3.05, 3.63) is 46.1 Å². The first-order chi connectivity index (χ1) is 16.5. The molecule has 0 saturated heterocycles. The number of aromatic nitrogens is 2. The molecular weight excluding hydrogens is 440 g/mol. The van der Waals surface area contributed by atoms with Crippen LogP contribution in [0.15, 0.2) is 16.8 Å². The van der Waals surface area contributed by atoms with Crippen molar-refractivity contribution < 1.29 is 19.2 Å². The Kier molecular flexibility index (Phi) is 7.48. The Morgan fingerprint density at radius 1 is 1.17 bits per heavy atom. The molecule has 0 unspecified atom stereocenters. The fraction of sp³-hybridized carbons (Fsp3) is 0.655. The summed E-state index contributed by atoms with van der Waals surface area (Å²) in [5.74, 6) is 1.56. The molecule has 190 valence electrons. The van der Waals surface area contributed by atoms with Crippen molar-refractivity contribution in [3.8, 4) is 0 Å². The molecule has 0 radical (unpaired) electrons. The number of carbonyl (C=O) groups excluding carboxylic acids is 1. The predicted molar refractivity (Wildman–Crippen MR) is 135 cm³/mol. The van der Waals surface area contributed by atoms with Gasteiger partial charge in [0.05, 0.1) is 11.4 Å². The first-order valence-corrected chi connectivity index (χ1v) is 13.1. The van der Waals surface area contributed by atoms with Crippen LogP contribution >= 0.6 is 0 Å². The van der Waals surface area contributed by atoms with Gasteiger partial charge in [0, 0.05) is 42.9 Å². The van der Waals surface area contributed by atoms with Gasteiger partial charge in [-0.1, -0.05) is 32.0 Å². The summed E-state index contributed by atoms with van der Waals surface area (Å²) in [5, 5.41) is 13.9. The van der Waals surface area contributed by atoms with Crippen LogP contribution in [0, 0.1) is 25.2 Å². The summed E-state index contributed by atoms with van der Waals surface area (Å²) in [6.07, 6.45) is 8.43. The second kappa shape index (κ2) is 10.2.